The standard InChI is InChI=1S/C13H10IN4OP.C2H6/c1-8-10(6-18(17-8)20-14)11-2-3-12-13(16-11)4-9(7-19)5-15-12;1-2/h2-7,20H,1H3;1-2H3. The van der Waals surface area contributed by atoms with E-state index in [0.717, 1.165) is 34.3 Å². The summed E-state index contributed by atoms with van der Waals surface area (Å²) in [6.45, 7) is 5.97. The molecule has 3 aromatic heterocycles. The molecule has 3 aromatic rings. The van der Waals surface area contributed by atoms with E-state index in [1.807, 2.05) is 43.6 Å². The maximum Gasteiger partial charge on any atom is 0.151 e. The highest BCUT2D eigenvalue weighted by atomic mass is 127. The zero-order valence-corrected chi connectivity index (χ0v) is 15.7. The number of halogens is 1. The molecule has 3 rings (SSSR count). The van der Waals surface area contributed by atoms with E-state index in [4.69, 9.17) is 0 Å². The number of aryl methyl sites for hydroxylation is 1. The van der Waals surface area contributed by atoms with Crippen molar-refractivity contribution in [3.8, 4) is 11.3 Å². The number of carbonyl (C=O) groups is 1. The first-order valence-corrected chi connectivity index (χ1v) is 10.9. The Hall–Kier alpha value is -1.40. The average molecular weight is 426 g/mol. The number of carbonyl (C=O) groups excluding carboxylic acids is 1. The van der Waals surface area contributed by atoms with Gasteiger partial charge in [-0.05, 0) is 47.2 Å². The highest BCUT2D eigenvalue weighted by molar-refractivity contribution is 14.2. The SMILES string of the molecule is CC.Cc1nn(PI)cc1-c1ccc2ncc(C=O)cc2n1. The first-order valence-electron chi connectivity index (χ1n) is 6.86. The Bertz CT molecular complexity index is 803. The van der Waals surface area contributed by atoms with Crippen molar-refractivity contribution in [1.29, 1.82) is 0 Å². The summed E-state index contributed by atoms with van der Waals surface area (Å²) in [5.74, 6) is 0. The Labute approximate surface area is 143 Å². The van der Waals surface area contributed by atoms with E-state index >= 15 is 0 Å². The van der Waals surface area contributed by atoms with Crippen LogP contribution in [0.25, 0.3) is 22.3 Å². The van der Waals surface area contributed by atoms with Crippen molar-refractivity contribution < 1.29 is 4.79 Å². The van der Waals surface area contributed by atoms with Gasteiger partial charge in [-0.3, -0.25) is 9.78 Å². The van der Waals surface area contributed by atoms with E-state index in [-0.39, 0.29) is 0 Å². The van der Waals surface area contributed by atoms with E-state index in [1.165, 1.54) is 0 Å². The van der Waals surface area contributed by atoms with E-state index in [2.05, 4.69) is 37.1 Å². The highest BCUT2D eigenvalue weighted by Crippen LogP contribution is 2.29. The van der Waals surface area contributed by atoms with Crippen molar-refractivity contribution >= 4 is 45.7 Å². The molecule has 1 atom stereocenters. The van der Waals surface area contributed by atoms with Crippen molar-refractivity contribution in [3.05, 3.63) is 41.9 Å². The maximum absolute atomic E-state index is 10.8. The summed E-state index contributed by atoms with van der Waals surface area (Å²) in [4.78, 5) is 19.6. The lowest BCUT2D eigenvalue weighted by Gasteiger charge is -2.02. The van der Waals surface area contributed by atoms with Gasteiger partial charge in [0, 0.05) is 23.5 Å². The summed E-state index contributed by atoms with van der Waals surface area (Å²) in [7, 11) is 0. The van der Waals surface area contributed by atoms with Gasteiger partial charge >= 0.3 is 0 Å². The molecule has 0 aromatic carbocycles. The Morgan fingerprint density at radius 2 is 2.05 bits per heavy atom. The molecule has 0 N–H and O–H groups in total. The van der Waals surface area contributed by atoms with Crippen LogP contribution >= 0.6 is 28.4 Å². The molecule has 0 bridgehead atoms. The number of aromatic nitrogens is 4. The van der Waals surface area contributed by atoms with Gasteiger partial charge in [0.25, 0.3) is 0 Å². The minimum absolute atomic E-state index is 0.531. The zero-order valence-electron chi connectivity index (χ0n) is 12.5. The average Bonchev–Trinajstić information content (AvgIpc) is 2.96. The van der Waals surface area contributed by atoms with Crippen LogP contribution in [0.15, 0.2) is 30.6 Å². The second-order valence-electron chi connectivity index (χ2n) is 4.28. The Morgan fingerprint density at radius 3 is 2.68 bits per heavy atom. The predicted octanol–water partition coefficient (Wildman–Crippen LogP) is 4.43. The number of nitrogens with zero attached hydrogens (tertiary/aromatic N) is 4. The number of fused-ring (bicyclic) bond motifs is 1. The number of hydrogen-bond donors (Lipinski definition) is 0. The molecule has 114 valence electrons. The number of aldehydes is 1. The number of hydrogen-bond acceptors (Lipinski definition) is 4. The molecule has 0 aliphatic heterocycles. The highest BCUT2D eigenvalue weighted by Gasteiger charge is 2.09. The third kappa shape index (κ3) is 3.50. The minimum atomic E-state index is 0.531. The molecule has 5 nitrogen and oxygen atoms in total. The lowest BCUT2D eigenvalue weighted by Crippen LogP contribution is -1.90. The fraction of sp³-hybridized carbons (Fsp3) is 0.200. The smallest absolute Gasteiger partial charge is 0.151 e. The Kier molecular flexibility index (Phi) is 5.97. The molecular weight excluding hydrogens is 410 g/mol. The molecular formula is C15H16IN4OP. The van der Waals surface area contributed by atoms with Crippen LogP contribution < -0.4 is 0 Å². The fourth-order valence-corrected chi connectivity index (χ4v) is 3.10. The molecule has 0 amide bonds. The van der Waals surface area contributed by atoms with Crippen LogP contribution in [-0.2, 0) is 0 Å². The largest absolute Gasteiger partial charge is 0.298 e. The van der Waals surface area contributed by atoms with Crippen LogP contribution in [0.5, 0.6) is 0 Å². The van der Waals surface area contributed by atoms with Crippen LogP contribution in [0.2, 0.25) is 0 Å². The second kappa shape index (κ2) is 7.74. The first kappa shape index (κ1) is 17.0. The van der Waals surface area contributed by atoms with Crippen molar-refractivity contribution in [1.82, 2.24) is 19.5 Å². The summed E-state index contributed by atoms with van der Waals surface area (Å²) < 4.78 is 1.90. The zero-order chi connectivity index (χ0) is 16.1. The Morgan fingerprint density at radius 1 is 1.27 bits per heavy atom. The summed E-state index contributed by atoms with van der Waals surface area (Å²) in [5.41, 5.74) is 4.83. The van der Waals surface area contributed by atoms with Crippen molar-refractivity contribution in [3.63, 3.8) is 0 Å². The molecule has 0 saturated heterocycles. The van der Waals surface area contributed by atoms with Gasteiger partial charge in [0.15, 0.2) is 6.29 Å². The normalized spacial score (nSPS) is 10.7. The molecule has 0 aliphatic carbocycles. The van der Waals surface area contributed by atoms with Gasteiger partial charge in [0.05, 0.1) is 28.8 Å². The molecule has 0 aliphatic rings. The second-order valence-corrected chi connectivity index (χ2v) is 6.35. The van der Waals surface area contributed by atoms with Gasteiger partial charge in [-0.15, -0.1) is 0 Å². The number of rotatable bonds is 3. The van der Waals surface area contributed by atoms with Crippen LogP contribution in [0.1, 0.15) is 29.9 Å². The quantitative estimate of drug-likeness (QED) is 0.353. The van der Waals surface area contributed by atoms with Gasteiger partial charge in [0.2, 0.25) is 0 Å². The van der Waals surface area contributed by atoms with Crippen LogP contribution in [0, 0.1) is 6.92 Å². The lowest BCUT2D eigenvalue weighted by atomic mass is 10.1. The summed E-state index contributed by atoms with van der Waals surface area (Å²) in [5, 5.41) is 4.43. The fourth-order valence-electron chi connectivity index (χ4n) is 1.99. The molecule has 1 unspecified atom stereocenters. The topological polar surface area (TPSA) is 60.7 Å². The minimum Gasteiger partial charge on any atom is -0.298 e. The lowest BCUT2D eigenvalue weighted by molar-refractivity contribution is 0.112. The van der Waals surface area contributed by atoms with Gasteiger partial charge in [0.1, 0.15) is 0 Å². The molecule has 22 heavy (non-hydrogen) atoms. The maximum atomic E-state index is 10.8. The summed E-state index contributed by atoms with van der Waals surface area (Å²) in [6.07, 6.45) is 4.88. The van der Waals surface area contributed by atoms with Gasteiger partial charge in [-0.1, -0.05) is 13.8 Å². The third-order valence-corrected chi connectivity index (χ3v) is 4.84. The molecule has 3 heterocycles. The summed E-state index contributed by atoms with van der Waals surface area (Å²) >= 11 is 2.29. The molecule has 0 spiro atoms. The molecule has 0 fully saturated rings. The van der Waals surface area contributed by atoms with Crippen molar-refractivity contribution in [2.75, 3.05) is 0 Å². The molecule has 0 saturated carbocycles. The third-order valence-electron chi connectivity index (χ3n) is 2.96. The summed E-state index contributed by atoms with van der Waals surface area (Å²) in [6, 6.07) is 5.59. The van der Waals surface area contributed by atoms with Gasteiger partial charge in [-0.25, -0.2) is 9.44 Å². The predicted molar refractivity (Wildman–Crippen MR) is 100.0 cm³/mol. The van der Waals surface area contributed by atoms with Crippen molar-refractivity contribution in [2.45, 2.75) is 20.8 Å². The van der Waals surface area contributed by atoms with Crippen molar-refractivity contribution in [2.24, 2.45) is 0 Å². The van der Waals surface area contributed by atoms with Crippen LogP contribution in [0.3, 0.4) is 0 Å². The van der Waals surface area contributed by atoms with Gasteiger partial charge < -0.3 is 0 Å². The molecule has 0 radical (unpaired) electrons. The monoisotopic (exact) mass is 426 g/mol. The van der Waals surface area contributed by atoms with E-state index in [0.29, 0.717) is 11.9 Å². The first-order chi connectivity index (χ1) is 10.7. The number of pyridine rings is 2. The van der Waals surface area contributed by atoms with E-state index in [1.54, 1.807) is 12.3 Å². The van der Waals surface area contributed by atoms with Crippen LogP contribution in [-0.4, -0.2) is 25.8 Å². The van der Waals surface area contributed by atoms with Gasteiger partial charge in [-0.2, -0.15) is 5.10 Å². The molecule has 7 heteroatoms. The van der Waals surface area contributed by atoms with E-state index < -0.39 is 0 Å². The van der Waals surface area contributed by atoms with Crippen LogP contribution in [0.4, 0.5) is 0 Å². The van der Waals surface area contributed by atoms with E-state index in [9.17, 15) is 4.79 Å². The Balaban J connectivity index is 0.000000847.